The average Bonchev–Trinajstić information content (AvgIpc) is 3.47. The van der Waals surface area contributed by atoms with Gasteiger partial charge in [0.1, 0.15) is 11.8 Å². The second-order valence-electron chi connectivity index (χ2n) is 8.32. The summed E-state index contributed by atoms with van der Waals surface area (Å²) in [5, 5.41) is 2.81. The second kappa shape index (κ2) is 6.19. The molecule has 0 aromatic heterocycles. The lowest BCUT2D eigenvalue weighted by molar-refractivity contribution is -0.146. The Balaban J connectivity index is 1.31. The van der Waals surface area contributed by atoms with Gasteiger partial charge in [-0.15, -0.1) is 0 Å². The van der Waals surface area contributed by atoms with Crippen LogP contribution in [-0.2, 0) is 14.4 Å². The third kappa shape index (κ3) is 2.43. The first kappa shape index (κ1) is 17.5. The lowest BCUT2D eigenvalue weighted by Crippen LogP contribution is -2.46. The highest BCUT2D eigenvalue weighted by Gasteiger charge is 2.67. The number of hydrogen-bond acceptors (Lipinski definition) is 4. The molecule has 0 radical (unpaired) electrons. The molecular weight excluding hydrogens is 356 g/mol. The molecule has 1 aromatic rings. The molecule has 1 heterocycles. The molecule has 1 aliphatic heterocycles. The van der Waals surface area contributed by atoms with Crippen LogP contribution in [0.5, 0.6) is 5.75 Å². The van der Waals surface area contributed by atoms with Crippen molar-refractivity contribution < 1.29 is 19.1 Å². The molecule has 6 rings (SSSR count). The van der Waals surface area contributed by atoms with E-state index in [0.717, 1.165) is 12.2 Å². The quantitative estimate of drug-likeness (QED) is 0.629. The first-order chi connectivity index (χ1) is 13.5. The first-order valence-corrected chi connectivity index (χ1v) is 10.1. The van der Waals surface area contributed by atoms with Gasteiger partial charge < -0.3 is 10.1 Å². The Labute approximate surface area is 163 Å². The van der Waals surface area contributed by atoms with Crippen LogP contribution in [0.2, 0.25) is 0 Å². The van der Waals surface area contributed by atoms with Crippen molar-refractivity contribution in [3.05, 3.63) is 36.4 Å². The molecule has 1 N–H and O–H groups in total. The highest BCUT2D eigenvalue weighted by molar-refractivity contribution is 6.10. The van der Waals surface area contributed by atoms with Crippen LogP contribution in [0, 0.1) is 35.5 Å². The summed E-state index contributed by atoms with van der Waals surface area (Å²) in [6.45, 7) is 4.11. The number of benzene rings is 1. The van der Waals surface area contributed by atoms with Crippen molar-refractivity contribution >= 4 is 23.4 Å². The van der Waals surface area contributed by atoms with E-state index in [0.29, 0.717) is 24.1 Å². The molecule has 6 heteroatoms. The molecule has 1 saturated heterocycles. The van der Waals surface area contributed by atoms with E-state index in [1.165, 1.54) is 4.90 Å². The van der Waals surface area contributed by atoms with Gasteiger partial charge in [-0.1, -0.05) is 12.2 Å². The third-order valence-corrected chi connectivity index (χ3v) is 6.90. The minimum Gasteiger partial charge on any atom is -0.494 e. The van der Waals surface area contributed by atoms with E-state index in [1.54, 1.807) is 31.2 Å². The zero-order valence-corrected chi connectivity index (χ0v) is 16.0. The predicted molar refractivity (Wildman–Crippen MR) is 102 cm³/mol. The number of ether oxygens (including phenoxy) is 1. The van der Waals surface area contributed by atoms with Crippen molar-refractivity contribution in [2.24, 2.45) is 35.5 Å². The minimum absolute atomic E-state index is 0.169. The van der Waals surface area contributed by atoms with Crippen molar-refractivity contribution in [1.82, 2.24) is 4.90 Å². The summed E-state index contributed by atoms with van der Waals surface area (Å²) in [5.74, 6) is 0.939. The molecule has 0 spiro atoms. The molecule has 5 aliphatic rings. The van der Waals surface area contributed by atoms with Gasteiger partial charge in [0, 0.05) is 5.69 Å². The highest BCUT2D eigenvalue weighted by atomic mass is 16.5. The van der Waals surface area contributed by atoms with E-state index in [2.05, 4.69) is 17.5 Å². The number of carbonyl (C=O) groups is 3. The molecule has 2 saturated carbocycles. The Bertz CT molecular complexity index is 841. The lowest BCUT2D eigenvalue weighted by Gasteiger charge is -2.37. The number of hydrogen-bond donors (Lipinski definition) is 1. The van der Waals surface area contributed by atoms with Crippen LogP contribution in [0.15, 0.2) is 36.4 Å². The van der Waals surface area contributed by atoms with Gasteiger partial charge in [-0.3, -0.25) is 19.3 Å². The van der Waals surface area contributed by atoms with Crippen molar-refractivity contribution in [1.29, 1.82) is 0 Å². The van der Waals surface area contributed by atoms with E-state index < -0.39 is 6.04 Å². The van der Waals surface area contributed by atoms with E-state index in [4.69, 9.17) is 4.74 Å². The van der Waals surface area contributed by atoms with Gasteiger partial charge in [-0.05, 0) is 68.2 Å². The second-order valence-corrected chi connectivity index (χ2v) is 8.32. The number of carbonyl (C=O) groups excluding carboxylic acids is 3. The maximum Gasteiger partial charge on any atom is 0.247 e. The highest BCUT2D eigenvalue weighted by Crippen LogP contribution is 2.65. The van der Waals surface area contributed by atoms with Crippen LogP contribution in [0.1, 0.15) is 20.3 Å². The van der Waals surface area contributed by atoms with Crippen molar-refractivity contribution in [2.45, 2.75) is 26.3 Å². The maximum absolute atomic E-state index is 13.1. The molecule has 6 nitrogen and oxygen atoms in total. The first-order valence-electron chi connectivity index (χ1n) is 10.1. The predicted octanol–water partition coefficient (Wildman–Crippen LogP) is 2.47. The Morgan fingerprint density at radius 1 is 1.11 bits per heavy atom. The van der Waals surface area contributed by atoms with Crippen molar-refractivity contribution in [3.63, 3.8) is 0 Å². The Kier molecular flexibility index (Phi) is 3.86. The molecular formula is C22H24N2O4. The number of likely N-dealkylation sites (tertiary alicyclic amines) is 1. The molecule has 7 atom stereocenters. The van der Waals surface area contributed by atoms with E-state index >= 15 is 0 Å². The van der Waals surface area contributed by atoms with Crippen LogP contribution < -0.4 is 10.1 Å². The van der Waals surface area contributed by atoms with Crippen LogP contribution in [0.4, 0.5) is 5.69 Å². The van der Waals surface area contributed by atoms with Crippen LogP contribution >= 0.6 is 0 Å². The average molecular weight is 380 g/mol. The van der Waals surface area contributed by atoms with Gasteiger partial charge in [0.15, 0.2) is 0 Å². The van der Waals surface area contributed by atoms with Crippen molar-refractivity contribution in [2.75, 3.05) is 11.9 Å². The van der Waals surface area contributed by atoms with Gasteiger partial charge in [0.05, 0.1) is 18.4 Å². The summed E-state index contributed by atoms with van der Waals surface area (Å²) in [7, 11) is 0. The number of nitrogens with zero attached hydrogens (tertiary/aromatic N) is 1. The molecule has 1 aromatic carbocycles. The fraction of sp³-hybridized carbons (Fsp3) is 0.500. The smallest absolute Gasteiger partial charge is 0.247 e. The number of amides is 3. The largest absolute Gasteiger partial charge is 0.494 e. The van der Waals surface area contributed by atoms with Gasteiger partial charge in [0.2, 0.25) is 17.7 Å². The van der Waals surface area contributed by atoms with Crippen LogP contribution in [-0.4, -0.2) is 35.3 Å². The van der Waals surface area contributed by atoms with E-state index in [1.807, 2.05) is 6.92 Å². The van der Waals surface area contributed by atoms with Gasteiger partial charge in [-0.2, -0.15) is 0 Å². The monoisotopic (exact) mass is 380 g/mol. The summed E-state index contributed by atoms with van der Waals surface area (Å²) in [4.78, 5) is 40.2. The van der Waals surface area contributed by atoms with E-state index in [9.17, 15) is 14.4 Å². The summed E-state index contributed by atoms with van der Waals surface area (Å²) >= 11 is 0. The van der Waals surface area contributed by atoms with E-state index in [-0.39, 0.29) is 41.4 Å². The summed E-state index contributed by atoms with van der Waals surface area (Å²) < 4.78 is 5.40. The Morgan fingerprint density at radius 3 is 2.21 bits per heavy atom. The molecule has 3 fully saturated rings. The van der Waals surface area contributed by atoms with Crippen LogP contribution in [0.25, 0.3) is 0 Å². The zero-order chi connectivity index (χ0) is 19.6. The lowest BCUT2D eigenvalue weighted by atomic mass is 9.63. The maximum atomic E-state index is 13.1. The molecule has 2 bridgehead atoms. The number of allylic oxidation sites excluding steroid dienone is 2. The Morgan fingerprint density at radius 2 is 1.68 bits per heavy atom. The van der Waals surface area contributed by atoms with Gasteiger partial charge in [-0.25, -0.2) is 0 Å². The van der Waals surface area contributed by atoms with Crippen molar-refractivity contribution in [3.8, 4) is 5.75 Å². The fourth-order valence-electron chi connectivity index (χ4n) is 5.53. The SMILES string of the molecule is CCOc1ccc(NC(=O)C(C)N2C(=O)C3C4C=CC(C5CC45)C3C2=O)cc1. The molecule has 28 heavy (non-hydrogen) atoms. The Hall–Kier alpha value is -2.63. The standard InChI is InChI=1S/C22H24N2O4/c1-3-28-13-6-4-12(5-7-13)23-20(25)11(2)24-21(26)18-14-8-9-15(17-10-16(14)17)19(18)22(24)27/h4-9,11,14-19H,3,10H2,1-2H3,(H,23,25). The topological polar surface area (TPSA) is 75.7 Å². The van der Waals surface area contributed by atoms with Gasteiger partial charge in [0.25, 0.3) is 0 Å². The molecule has 3 amide bonds. The molecule has 4 aliphatic carbocycles. The number of anilines is 1. The molecule has 146 valence electrons. The van der Waals surface area contributed by atoms with Crippen LogP contribution in [0.3, 0.4) is 0 Å². The molecule has 7 unspecified atom stereocenters. The summed E-state index contributed by atoms with van der Waals surface area (Å²) in [5.41, 5.74) is 0.611. The minimum atomic E-state index is -0.826. The number of rotatable bonds is 5. The van der Waals surface area contributed by atoms with Gasteiger partial charge >= 0.3 is 0 Å². The fourth-order valence-corrected chi connectivity index (χ4v) is 5.53. The number of nitrogens with one attached hydrogen (secondary N) is 1. The number of imide groups is 1. The summed E-state index contributed by atoms with van der Waals surface area (Å²) in [6.07, 6.45) is 5.41. The normalized spacial score (nSPS) is 35.4. The zero-order valence-electron chi connectivity index (χ0n) is 16.0. The summed E-state index contributed by atoms with van der Waals surface area (Å²) in [6, 6.07) is 6.23. The third-order valence-electron chi connectivity index (χ3n) is 6.90.